The van der Waals surface area contributed by atoms with Gasteiger partial charge in [0.05, 0.1) is 18.3 Å². The highest BCUT2D eigenvalue weighted by molar-refractivity contribution is 5.89. The quantitative estimate of drug-likeness (QED) is 0.910. The third-order valence-corrected chi connectivity index (χ3v) is 3.32. The minimum atomic E-state index is -0.827. The van der Waals surface area contributed by atoms with E-state index >= 15 is 0 Å². The lowest BCUT2D eigenvalue weighted by Gasteiger charge is -2.24. The van der Waals surface area contributed by atoms with Crippen LogP contribution in [0.15, 0.2) is 30.6 Å². The summed E-state index contributed by atoms with van der Waals surface area (Å²) in [5, 5.41) is 4.92. The van der Waals surface area contributed by atoms with Gasteiger partial charge in [0, 0.05) is 25.0 Å². The predicted molar refractivity (Wildman–Crippen MR) is 74.2 cm³/mol. The van der Waals surface area contributed by atoms with Gasteiger partial charge in [-0.15, -0.1) is 0 Å². The van der Waals surface area contributed by atoms with Gasteiger partial charge in [-0.25, -0.2) is 18.6 Å². The van der Waals surface area contributed by atoms with E-state index in [1.54, 1.807) is 6.20 Å². The second-order valence-electron chi connectivity index (χ2n) is 4.89. The van der Waals surface area contributed by atoms with Crippen molar-refractivity contribution in [2.45, 2.75) is 19.3 Å². The van der Waals surface area contributed by atoms with E-state index in [4.69, 9.17) is 4.74 Å². The molecule has 1 aliphatic rings. The number of rotatable bonds is 3. The molecule has 2 heterocycles. The number of imidazole rings is 1. The van der Waals surface area contributed by atoms with Crippen LogP contribution in [-0.4, -0.2) is 28.2 Å². The van der Waals surface area contributed by atoms with E-state index < -0.39 is 17.7 Å². The number of urea groups is 1. The average molecular weight is 308 g/mol. The maximum atomic E-state index is 13.4. The van der Waals surface area contributed by atoms with Crippen LogP contribution >= 0.6 is 0 Å². The molecule has 1 aromatic heterocycles. The van der Waals surface area contributed by atoms with Gasteiger partial charge in [0.1, 0.15) is 24.1 Å². The monoisotopic (exact) mass is 308 g/mol. The molecule has 22 heavy (non-hydrogen) atoms. The smallest absolute Gasteiger partial charge is 0.319 e. The van der Waals surface area contributed by atoms with Crippen LogP contribution in [0.4, 0.5) is 19.3 Å². The molecular weight excluding hydrogens is 294 g/mol. The Kier molecular flexibility index (Phi) is 4.01. The maximum absolute atomic E-state index is 13.4. The number of hydrogen-bond donors (Lipinski definition) is 2. The SMILES string of the molecule is O=C(NC[C@H]1Cn2ccnc2CO1)Nc1ccc(F)cc1F. The van der Waals surface area contributed by atoms with E-state index in [0.717, 1.165) is 11.9 Å². The molecule has 3 rings (SSSR count). The number of fused-ring (bicyclic) bond motifs is 1. The fourth-order valence-electron chi connectivity index (χ4n) is 2.20. The van der Waals surface area contributed by atoms with Crippen LogP contribution in [0.3, 0.4) is 0 Å². The summed E-state index contributed by atoms with van der Waals surface area (Å²) in [6, 6.07) is 2.37. The molecule has 0 bridgehead atoms. The first-order valence-electron chi connectivity index (χ1n) is 6.73. The minimum absolute atomic E-state index is 0.0830. The van der Waals surface area contributed by atoms with Gasteiger partial charge < -0.3 is 19.9 Å². The number of amides is 2. The molecule has 1 atom stereocenters. The van der Waals surface area contributed by atoms with E-state index in [1.165, 1.54) is 6.07 Å². The Morgan fingerprint density at radius 1 is 1.45 bits per heavy atom. The van der Waals surface area contributed by atoms with Crippen LogP contribution in [0.25, 0.3) is 0 Å². The zero-order valence-electron chi connectivity index (χ0n) is 11.6. The molecule has 0 saturated heterocycles. The summed E-state index contributed by atoms with van der Waals surface area (Å²) in [6.45, 7) is 1.24. The summed E-state index contributed by atoms with van der Waals surface area (Å²) >= 11 is 0. The Morgan fingerprint density at radius 2 is 2.32 bits per heavy atom. The lowest BCUT2D eigenvalue weighted by molar-refractivity contribution is 0.00466. The fraction of sp³-hybridized carbons (Fsp3) is 0.286. The number of ether oxygens (including phenoxy) is 1. The normalized spacial score (nSPS) is 16.9. The largest absolute Gasteiger partial charge is 0.367 e. The second kappa shape index (κ2) is 6.10. The Labute approximate surface area is 125 Å². The highest BCUT2D eigenvalue weighted by Crippen LogP contribution is 2.15. The molecule has 0 saturated carbocycles. The summed E-state index contributed by atoms with van der Waals surface area (Å²) < 4.78 is 33.7. The van der Waals surface area contributed by atoms with E-state index in [-0.39, 0.29) is 18.3 Å². The number of anilines is 1. The van der Waals surface area contributed by atoms with Crippen LogP contribution in [0, 0.1) is 11.6 Å². The Balaban J connectivity index is 1.51. The molecule has 1 aromatic carbocycles. The summed E-state index contributed by atoms with van der Waals surface area (Å²) in [6.07, 6.45) is 3.35. The first kappa shape index (κ1) is 14.5. The molecular formula is C14H14F2N4O2. The van der Waals surface area contributed by atoms with Crippen molar-refractivity contribution in [2.24, 2.45) is 0 Å². The summed E-state index contributed by atoms with van der Waals surface area (Å²) in [7, 11) is 0. The maximum Gasteiger partial charge on any atom is 0.319 e. The number of halogens is 2. The van der Waals surface area contributed by atoms with Crippen molar-refractivity contribution in [3.8, 4) is 0 Å². The van der Waals surface area contributed by atoms with Crippen LogP contribution in [0.2, 0.25) is 0 Å². The summed E-state index contributed by atoms with van der Waals surface area (Å²) in [5.41, 5.74) is -0.0830. The number of carbonyl (C=O) groups is 1. The lowest BCUT2D eigenvalue weighted by atomic mass is 10.3. The van der Waals surface area contributed by atoms with E-state index in [2.05, 4.69) is 15.6 Å². The third-order valence-electron chi connectivity index (χ3n) is 3.32. The van der Waals surface area contributed by atoms with Gasteiger partial charge in [0.25, 0.3) is 0 Å². The standard InChI is InChI=1S/C14H14F2N4O2/c15-9-1-2-12(11(16)5-9)19-14(21)18-6-10-7-20-4-3-17-13(20)8-22-10/h1-5,10H,6-8H2,(H2,18,19,21)/t10-/m0/s1. The molecule has 0 aliphatic carbocycles. The summed E-state index contributed by atoms with van der Waals surface area (Å²) in [5.74, 6) is -0.684. The Hall–Kier alpha value is -2.48. The molecule has 2 N–H and O–H groups in total. The van der Waals surface area contributed by atoms with Crippen LogP contribution in [0.5, 0.6) is 0 Å². The molecule has 8 heteroatoms. The number of nitrogens with zero attached hydrogens (tertiary/aromatic N) is 2. The highest BCUT2D eigenvalue weighted by Gasteiger charge is 2.19. The van der Waals surface area contributed by atoms with Crippen molar-refractivity contribution in [1.82, 2.24) is 14.9 Å². The van der Waals surface area contributed by atoms with Crippen molar-refractivity contribution in [2.75, 3.05) is 11.9 Å². The van der Waals surface area contributed by atoms with E-state index in [9.17, 15) is 13.6 Å². The van der Waals surface area contributed by atoms with Crippen molar-refractivity contribution in [1.29, 1.82) is 0 Å². The topological polar surface area (TPSA) is 68.2 Å². The molecule has 0 radical (unpaired) electrons. The Morgan fingerprint density at radius 3 is 3.14 bits per heavy atom. The molecule has 2 aromatic rings. The second-order valence-corrected chi connectivity index (χ2v) is 4.89. The minimum Gasteiger partial charge on any atom is -0.367 e. The molecule has 0 fully saturated rings. The molecule has 1 aliphatic heterocycles. The zero-order valence-corrected chi connectivity index (χ0v) is 11.6. The number of hydrogen-bond acceptors (Lipinski definition) is 3. The van der Waals surface area contributed by atoms with E-state index in [0.29, 0.717) is 19.2 Å². The van der Waals surface area contributed by atoms with E-state index in [1.807, 2.05) is 10.8 Å². The number of carbonyl (C=O) groups excluding carboxylic acids is 1. The molecule has 6 nitrogen and oxygen atoms in total. The van der Waals surface area contributed by atoms with Gasteiger partial charge in [-0.05, 0) is 12.1 Å². The predicted octanol–water partition coefficient (Wildman–Crippen LogP) is 1.88. The lowest BCUT2D eigenvalue weighted by Crippen LogP contribution is -2.40. The third kappa shape index (κ3) is 3.22. The fourth-order valence-corrected chi connectivity index (χ4v) is 2.20. The van der Waals surface area contributed by atoms with Crippen molar-refractivity contribution in [3.05, 3.63) is 48.1 Å². The van der Waals surface area contributed by atoms with Gasteiger partial charge in [-0.2, -0.15) is 0 Å². The van der Waals surface area contributed by atoms with Crippen molar-refractivity contribution >= 4 is 11.7 Å². The van der Waals surface area contributed by atoms with Gasteiger partial charge in [-0.3, -0.25) is 0 Å². The average Bonchev–Trinajstić information content (AvgIpc) is 2.95. The van der Waals surface area contributed by atoms with Crippen molar-refractivity contribution < 1.29 is 18.3 Å². The van der Waals surface area contributed by atoms with Crippen LogP contribution in [-0.2, 0) is 17.9 Å². The number of benzene rings is 1. The molecule has 0 unspecified atom stereocenters. The first-order chi connectivity index (χ1) is 10.6. The van der Waals surface area contributed by atoms with Crippen LogP contribution < -0.4 is 10.6 Å². The first-order valence-corrected chi connectivity index (χ1v) is 6.73. The molecule has 2 amide bonds. The van der Waals surface area contributed by atoms with Crippen molar-refractivity contribution in [3.63, 3.8) is 0 Å². The van der Waals surface area contributed by atoms with Crippen LogP contribution in [0.1, 0.15) is 5.82 Å². The molecule has 0 spiro atoms. The Bertz CT molecular complexity index is 689. The zero-order chi connectivity index (χ0) is 15.5. The van der Waals surface area contributed by atoms with Gasteiger partial charge >= 0.3 is 6.03 Å². The van der Waals surface area contributed by atoms with Gasteiger partial charge in [0.2, 0.25) is 0 Å². The van der Waals surface area contributed by atoms with Gasteiger partial charge in [0.15, 0.2) is 0 Å². The molecule has 116 valence electrons. The summed E-state index contributed by atoms with van der Waals surface area (Å²) in [4.78, 5) is 15.9. The highest BCUT2D eigenvalue weighted by atomic mass is 19.1. The van der Waals surface area contributed by atoms with Gasteiger partial charge in [-0.1, -0.05) is 0 Å². The number of nitrogens with one attached hydrogen (secondary N) is 2. The number of aromatic nitrogens is 2.